The maximum atomic E-state index is 13.3. The number of halogens is 2. The van der Waals surface area contributed by atoms with Crippen LogP contribution in [0.5, 0.6) is 0 Å². The van der Waals surface area contributed by atoms with Crippen molar-refractivity contribution in [3.05, 3.63) is 34.1 Å². The van der Waals surface area contributed by atoms with Gasteiger partial charge in [-0.15, -0.1) is 0 Å². The number of hydrogen-bond donors (Lipinski definition) is 2. The van der Waals surface area contributed by atoms with Gasteiger partial charge in [-0.3, -0.25) is 4.79 Å². The molecule has 86 valence electrons. The van der Waals surface area contributed by atoms with Crippen molar-refractivity contribution in [2.75, 3.05) is 6.54 Å². The number of rotatable bonds is 2. The predicted molar refractivity (Wildman–Crippen MR) is 60.9 cm³/mol. The Morgan fingerprint density at radius 1 is 1.56 bits per heavy atom. The molecule has 1 fully saturated rings. The number of carboxylic acid groups (broad SMARTS) is 1. The van der Waals surface area contributed by atoms with Crippen LogP contribution < -0.4 is 5.32 Å². The highest BCUT2D eigenvalue weighted by Crippen LogP contribution is 2.30. The fraction of sp³-hybridized carbons (Fsp3) is 0.364. The van der Waals surface area contributed by atoms with E-state index in [1.807, 2.05) is 0 Å². The van der Waals surface area contributed by atoms with E-state index in [4.69, 9.17) is 5.11 Å². The molecule has 0 aromatic heterocycles. The van der Waals surface area contributed by atoms with Crippen LogP contribution in [-0.4, -0.2) is 23.7 Å². The minimum Gasteiger partial charge on any atom is -0.480 e. The molecule has 0 bridgehead atoms. The molecule has 0 saturated carbocycles. The summed E-state index contributed by atoms with van der Waals surface area (Å²) in [7, 11) is 0. The molecular weight excluding hydrogens is 277 g/mol. The fourth-order valence-corrected chi connectivity index (χ4v) is 2.31. The smallest absolute Gasteiger partial charge is 0.321 e. The summed E-state index contributed by atoms with van der Waals surface area (Å²) >= 11 is 3.08. The maximum absolute atomic E-state index is 13.3. The monoisotopic (exact) mass is 287 g/mol. The van der Waals surface area contributed by atoms with Crippen molar-refractivity contribution in [3.8, 4) is 0 Å². The molecule has 1 aromatic rings. The Labute approximate surface area is 101 Å². The zero-order valence-electron chi connectivity index (χ0n) is 8.41. The van der Waals surface area contributed by atoms with Gasteiger partial charge in [0.2, 0.25) is 0 Å². The Bertz CT molecular complexity index is 424. The third-order valence-corrected chi connectivity index (χ3v) is 3.50. The molecule has 2 rings (SSSR count). The SMILES string of the molecule is O=C(O)C1NCCC1c1ccc(Br)c(F)c1. The van der Waals surface area contributed by atoms with Gasteiger partial charge in [0.25, 0.3) is 0 Å². The first-order chi connectivity index (χ1) is 7.59. The molecule has 0 radical (unpaired) electrons. The lowest BCUT2D eigenvalue weighted by Gasteiger charge is -2.16. The molecule has 2 N–H and O–H groups in total. The Morgan fingerprint density at radius 3 is 2.94 bits per heavy atom. The van der Waals surface area contributed by atoms with Gasteiger partial charge >= 0.3 is 5.97 Å². The lowest BCUT2D eigenvalue weighted by Crippen LogP contribution is -2.34. The molecule has 1 heterocycles. The Balaban J connectivity index is 2.29. The topological polar surface area (TPSA) is 49.3 Å². The van der Waals surface area contributed by atoms with Crippen LogP contribution in [0.25, 0.3) is 0 Å². The van der Waals surface area contributed by atoms with Crippen molar-refractivity contribution in [1.29, 1.82) is 0 Å². The molecule has 16 heavy (non-hydrogen) atoms. The molecule has 0 amide bonds. The van der Waals surface area contributed by atoms with Crippen LogP contribution in [0.2, 0.25) is 0 Å². The molecule has 1 aromatic carbocycles. The number of hydrogen-bond acceptors (Lipinski definition) is 2. The van der Waals surface area contributed by atoms with Gasteiger partial charge in [0, 0.05) is 5.92 Å². The number of nitrogens with one attached hydrogen (secondary N) is 1. The zero-order chi connectivity index (χ0) is 11.7. The van der Waals surface area contributed by atoms with E-state index in [0.717, 1.165) is 12.0 Å². The normalized spacial score (nSPS) is 24.6. The van der Waals surface area contributed by atoms with E-state index in [-0.39, 0.29) is 11.7 Å². The van der Waals surface area contributed by atoms with Crippen LogP contribution in [0.1, 0.15) is 17.9 Å². The van der Waals surface area contributed by atoms with Crippen molar-refractivity contribution >= 4 is 21.9 Å². The molecule has 2 atom stereocenters. The summed E-state index contributed by atoms with van der Waals surface area (Å²) < 4.78 is 13.7. The van der Waals surface area contributed by atoms with Crippen LogP contribution >= 0.6 is 15.9 Å². The number of carboxylic acids is 1. The number of aliphatic carboxylic acids is 1. The molecule has 1 aliphatic rings. The number of benzene rings is 1. The summed E-state index contributed by atoms with van der Waals surface area (Å²) in [4.78, 5) is 11.0. The van der Waals surface area contributed by atoms with E-state index in [1.165, 1.54) is 6.07 Å². The molecule has 3 nitrogen and oxygen atoms in total. The van der Waals surface area contributed by atoms with Gasteiger partial charge in [-0.05, 0) is 46.6 Å². The summed E-state index contributed by atoms with van der Waals surface area (Å²) in [6, 6.07) is 4.17. The second kappa shape index (κ2) is 4.51. The number of carbonyl (C=O) groups is 1. The van der Waals surface area contributed by atoms with E-state index in [2.05, 4.69) is 21.2 Å². The Morgan fingerprint density at radius 2 is 2.31 bits per heavy atom. The first-order valence-corrected chi connectivity index (χ1v) is 5.80. The summed E-state index contributed by atoms with van der Waals surface area (Å²) in [5, 5.41) is 11.9. The van der Waals surface area contributed by atoms with Crippen LogP contribution in [0.3, 0.4) is 0 Å². The highest BCUT2D eigenvalue weighted by Gasteiger charge is 2.33. The van der Waals surface area contributed by atoms with Gasteiger partial charge in [-0.1, -0.05) is 6.07 Å². The standard InChI is InChI=1S/C11H11BrFNO2/c12-8-2-1-6(5-9(8)13)7-3-4-14-10(7)11(15)16/h1-2,5,7,10,14H,3-4H2,(H,15,16). The molecule has 1 saturated heterocycles. The van der Waals surface area contributed by atoms with E-state index >= 15 is 0 Å². The fourth-order valence-electron chi connectivity index (χ4n) is 2.06. The van der Waals surface area contributed by atoms with Gasteiger partial charge in [0.05, 0.1) is 4.47 Å². The van der Waals surface area contributed by atoms with Crippen molar-refractivity contribution in [2.24, 2.45) is 0 Å². The second-order valence-electron chi connectivity index (χ2n) is 3.84. The highest BCUT2D eigenvalue weighted by molar-refractivity contribution is 9.10. The lowest BCUT2D eigenvalue weighted by atomic mass is 9.92. The third kappa shape index (κ3) is 2.10. The van der Waals surface area contributed by atoms with Gasteiger partial charge in [0.1, 0.15) is 11.9 Å². The zero-order valence-corrected chi connectivity index (χ0v) is 10.00. The van der Waals surface area contributed by atoms with Crippen LogP contribution in [0, 0.1) is 5.82 Å². The molecule has 5 heteroatoms. The minimum atomic E-state index is -0.883. The average Bonchev–Trinajstić information content (AvgIpc) is 2.71. The summed E-state index contributed by atoms with van der Waals surface area (Å²) in [6.07, 6.45) is 0.720. The summed E-state index contributed by atoms with van der Waals surface area (Å²) in [5.41, 5.74) is 0.734. The van der Waals surface area contributed by atoms with E-state index in [9.17, 15) is 9.18 Å². The lowest BCUT2D eigenvalue weighted by molar-refractivity contribution is -0.139. The van der Waals surface area contributed by atoms with Gasteiger partial charge in [-0.2, -0.15) is 0 Å². The average molecular weight is 288 g/mol. The minimum absolute atomic E-state index is 0.153. The summed E-state index contributed by atoms with van der Waals surface area (Å²) in [6.45, 7) is 0.652. The second-order valence-corrected chi connectivity index (χ2v) is 4.69. The van der Waals surface area contributed by atoms with Crippen molar-refractivity contribution in [2.45, 2.75) is 18.4 Å². The quantitative estimate of drug-likeness (QED) is 0.876. The first-order valence-electron chi connectivity index (χ1n) is 5.00. The van der Waals surface area contributed by atoms with Crippen molar-refractivity contribution in [1.82, 2.24) is 5.32 Å². The molecule has 1 aliphatic heterocycles. The largest absolute Gasteiger partial charge is 0.480 e. The predicted octanol–water partition coefficient (Wildman–Crippen LogP) is 2.12. The van der Waals surface area contributed by atoms with Gasteiger partial charge in [0.15, 0.2) is 0 Å². The van der Waals surface area contributed by atoms with E-state index < -0.39 is 12.0 Å². The molecule has 0 aliphatic carbocycles. The maximum Gasteiger partial charge on any atom is 0.321 e. The van der Waals surface area contributed by atoms with Gasteiger partial charge < -0.3 is 10.4 Å². The highest BCUT2D eigenvalue weighted by atomic mass is 79.9. The van der Waals surface area contributed by atoms with Crippen molar-refractivity contribution < 1.29 is 14.3 Å². The first kappa shape index (κ1) is 11.5. The van der Waals surface area contributed by atoms with Crippen molar-refractivity contribution in [3.63, 3.8) is 0 Å². The Kier molecular flexibility index (Phi) is 3.25. The van der Waals surface area contributed by atoms with Crippen LogP contribution in [0.4, 0.5) is 4.39 Å². The molecular formula is C11H11BrFNO2. The molecule has 0 spiro atoms. The van der Waals surface area contributed by atoms with Crippen LogP contribution in [0.15, 0.2) is 22.7 Å². The summed E-state index contributed by atoms with van der Waals surface area (Å²) in [5.74, 6) is -1.39. The third-order valence-electron chi connectivity index (χ3n) is 2.86. The van der Waals surface area contributed by atoms with E-state index in [0.29, 0.717) is 11.0 Å². The van der Waals surface area contributed by atoms with Crippen LogP contribution in [-0.2, 0) is 4.79 Å². The molecule has 2 unspecified atom stereocenters. The van der Waals surface area contributed by atoms with Gasteiger partial charge in [-0.25, -0.2) is 4.39 Å². The Hall–Kier alpha value is -0.940. The van der Waals surface area contributed by atoms with E-state index in [1.54, 1.807) is 12.1 Å².